The van der Waals surface area contributed by atoms with Gasteiger partial charge in [-0.2, -0.15) is 0 Å². The predicted octanol–water partition coefficient (Wildman–Crippen LogP) is 3.77. The van der Waals surface area contributed by atoms with Crippen molar-refractivity contribution in [1.82, 2.24) is 5.32 Å². The first-order valence-corrected chi connectivity index (χ1v) is 11.4. The van der Waals surface area contributed by atoms with E-state index < -0.39 is 10.0 Å². The Labute approximate surface area is 168 Å². The molecule has 5 nitrogen and oxygen atoms in total. The van der Waals surface area contributed by atoms with E-state index in [9.17, 15) is 13.2 Å². The molecule has 2 rings (SSSR count). The number of nitrogens with one attached hydrogen (secondary N) is 1. The smallest absolute Gasteiger partial charge is 0.232 e. The monoisotopic (exact) mass is 402 g/mol. The molecule has 0 unspecified atom stereocenters. The zero-order valence-corrected chi connectivity index (χ0v) is 17.9. The molecule has 0 spiro atoms. The summed E-state index contributed by atoms with van der Waals surface area (Å²) in [7, 11) is -3.42. The quantitative estimate of drug-likeness (QED) is 0.694. The number of para-hydroxylation sites is 1. The number of hydrogen-bond acceptors (Lipinski definition) is 3. The van der Waals surface area contributed by atoms with Crippen LogP contribution >= 0.6 is 0 Å². The summed E-state index contributed by atoms with van der Waals surface area (Å²) in [6.45, 7) is 6.72. The van der Waals surface area contributed by atoms with Crippen LogP contribution < -0.4 is 9.62 Å². The van der Waals surface area contributed by atoms with Crippen LogP contribution in [0.1, 0.15) is 42.4 Å². The lowest BCUT2D eigenvalue weighted by Gasteiger charge is -2.26. The van der Waals surface area contributed by atoms with Crippen LogP contribution in [0.4, 0.5) is 5.69 Å². The molecule has 0 radical (unpaired) electrons. The number of hydrogen-bond donors (Lipinski definition) is 1. The highest BCUT2D eigenvalue weighted by molar-refractivity contribution is 7.92. The second-order valence-electron chi connectivity index (χ2n) is 7.29. The van der Waals surface area contributed by atoms with Crippen LogP contribution in [0.15, 0.2) is 48.5 Å². The fourth-order valence-electron chi connectivity index (χ4n) is 3.28. The van der Waals surface area contributed by atoms with Crippen LogP contribution in [0.25, 0.3) is 0 Å². The van der Waals surface area contributed by atoms with E-state index in [0.29, 0.717) is 25.1 Å². The maximum atomic E-state index is 12.3. The fraction of sp³-hybridized carbons (Fsp3) is 0.409. The number of benzene rings is 2. The molecule has 1 N–H and O–H groups in total. The zero-order valence-electron chi connectivity index (χ0n) is 17.1. The molecule has 0 aliphatic heterocycles. The van der Waals surface area contributed by atoms with Gasteiger partial charge in [0.1, 0.15) is 0 Å². The van der Waals surface area contributed by atoms with Gasteiger partial charge in [-0.25, -0.2) is 8.42 Å². The highest BCUT2D eigenvalue weighted by atomic mass is 32.2. The molecule has 0 heterocycles. The molecular formula is C22H30N2O3S. The normalized spacial score (nSPS) is 12.4. The highest BCUT2D eigenvalue weighted by Crippen LogP contribution is 2.27. The minimum atomic E-state index is -3.42. The van der Waals surface area contributed by atoms with Crippen LogP contribution in [0.2, 0.25) is 0 Å². The molecule has 0 fully saturated rings. The third-order valence-corrected chi connectivity index (χ3v) is 5.99. The van der Waals surface area contributed by atoms with E-state index in [4.69, 9.17) is 0 Å². The standard InChI is InChI=1S/C22H30N2O3S/c1-17-10-8-11-18(2)22(17)24(28(4,26)27)15-9-14-21(25)23-16-19(3)20-12-6-5-7-13-20/h5-8,10-13,19H,9,14-16H2,1-4H3,(H,23,25)/t19-/m0/s1. The Hall–Kier alpha value is -2.34. The summed E-state index contributed by atoms with van der Waals surface area (Å²) < 4.78 is 26.0. The third-order valence-electron chi connectivity index (χ3n) is 4.83. The summed E-state index contributed by atoms with van der Waals surface area (Å²) in [5, 5.41) is 2.95. The average Bonchev–Trinajstić information content (AvgIpc) is 2.64. The van der Waals surface area contributed by atoms with Crippen LogP contribution in [-0.4, -0.2) is 33.7 Å². The molecule has 0 saturated heterocycles. The van der Waals surface area contributed by atoms with E-state index in [1.807, 2.05) is 62.4 Å². The van der Waals surface area contributed by atoms with Gasteiger partial charge in [0.25, 0.3) is 0 Å². The van der Waals surface area contributed by atoms with Gasteiger partial charge in [0.05, 0.1) is 11.9 Å². The number of amides is 1. The summed E-state index contributed by atoms with van der Waals surface area (Å²) in [5.74, 6) is 0.171. The van der Waals surface area contributed by atoms with E-state index in [1.54, 1.807) is 0 Å². The van der Waals surface area contributed by atoms with Crippen LogP contribution in [-0.2, 0) is 14.8 Å². The minimum Gasteiger partial charge on any atom is -0.356 e. The van der Waals surface area contributed by atoms with Gasteiger partial charge >= 0.3 is 0 Å². The van der Waals surface area contributed by atoms with E-state index in [2.05, 4.69) is 12.2 Å². The summed E-state index contributed by atoms with van der Waals surface area (Å²) in [6, 6.07) is 15.8. The van der Waals surface area contributed by atoms with Crippen molar-refractivity contribution in [2.75, 3.05) is 23.7 Å². The second kappa shape index (κ2) is 9.73. The van der Waals surface area contributed by atoms with Gasteiger partial charge in [-0.3, -0.25) is 9.10 Å². The molecule has 2 aromatic rings. The summed E-state index contributed by atoms with van der Waals surface area (Å²) >= 11 is 0. The van der Waals surface area contributed by atoms with Gasteiger partial charge in [-0.05, 0) is 42.9 Å². The molecule has 0 bridgehead atoms. The lowest BCUT2D eigenvalue weighted by molar-refractivity contribution is -0.121. The Balaban J connectivity index is 1.91. The first-order valence-electron chi connectivity index (χ1n) is 9.55. The largest absolute Gasteiger partial charge is 0.356 e. The topological polar surface area (TPSA) is 66.5 Å². The Morgan fingerprint density at radius 2 is 1.64 bits per heavy atom. The van der Waals surface area contributed by atoms with Crippen molar-refractivity contribution in [3.8, 4) is 0 Å². The molecule has 152 valence electrons. The average molecular weight is 403 g/mol. The molecule has 1 atom stereocenters. The molecular weight excluding hydrogens is 372 g/mol. The second-order valence-corrected chi connectivity index (χ2v) is 9.20. The third kappa shape index (κ3) is 6.09. The van der Waals surface area contributed by atoms with Crippen LogP contribution in [0.3, 0.4) is 0 Å². The molecule has 28 heavy (non-hydrogen) atoms. The lowest BCUT2D eigenvalue weighted by atomic mass is 10.0. The number of carbonyl (C=O) groups is 1. The first-order chi connectivity index (χ1) is 13.2. The molecule has 0 aliphatic rings. The van der Waals surface area contributed by atoms with Gasteiger partial charge in [0, 0.05) is 19.5 Å². The highest BCUT2D eigenvalue weighted by Gasteiger charge is 2.21. The SMILES string of the molecule is Cc1cccc(C)c1N(CCCC(=O)NC[C@H](C)c1ccccc1)S(C)(=O)=O. The number of carbonyl (C=O) groups excluding carboxylic acids is 1. The maximum absolute atomic E-state index is 12.3. The molecule has 2 aromatic carbocycles. The van der Waals surface area contributed by atoms with Gasteiger partial charge < -0.3 is 5.32 Å². The maximum Gasteiger partial charge on any atom is 0.232 e. The summed E-state index contributed by atoms with van der Waals surface area (Å²) in [6.07, 6.45) is 1.96. The zero-order chi connectivity index (χ0) is 20.7. The molecule has 0 saturated carbocycles. The number of rotatable bonds is 9. The van der Waals surface area contributed by atoms with Gasteiger partial charge in [-0.15, -0.1) is 0 Å². The Bertz CT molecular complexity index is 875. The van der Waals surface area contributed by atoms with Crippen molar-refractivity contribution in [3.05, 3.63) is 65.2 Å². The van der Waals surface area contributed by atoms with Crippen LogP contribution in [0, 0.1) is 13.8 Å². The predicted molar refractivity (Wildman–Crippen MR) is 115 cm³/mol. The van der Waals surface area contributed by atoms with Gasteiger partial charge in [0.15, 0.2) is 0 Å². The number of nitrogens with zero attached hydrogens (tertiary/aromatic N) is 1. The fourth-order valence-corrected chi connectivity index (χ4v) is 4.36. The van der Waals surface area contributed by atoms with E-state index in [1.165, 1.54) is 16.1 Å². The lowest BCUT2D eigenvalue weighted by Crippen LogP contribution is -2.33. The van der Waals surface area contributed by atoms with Crippen LogP contribution in [0.5, 0.6) is 0 Å². The Morgan fingerprint density at radius 3 is 2.21 bits per heavy atom. The number of aryl methyl sites for hydroxylation is 2. The minimum absolute atomic E-state index is 0.0577. The van der Waals surface area contributed by atoms with E-state index in [-0.39, 0.29) is 18.4 Å². The van der Waals surface area contributed by atoms with Gasteiger partial charge in [0.2, 0.25) is 15.9 Å². The van der Waals surface area contributed by atoms with Crippen molar-refractivity contribution < 1.29 is 13.2 Å². The number of sulfonamides is 1. The van der Waals surface area contributed by atoms with Crippen molar-refractivity contribution in [2.24, 2.45) is 0 Å². The number of anilines is 1. The summed E-state index contributed by atoms with van der Waals surface area (Å²) in [4.78, 5) is 12.2. The van der Waals surface area contributed by atoms with Crippen molar-refractivity contribution >= 4 is 21.6 Å². The van der Waals surface area contributed by atoms with E-state index >= 15 is 0 Å². The Morgan fingerprint density at radius 1 is 1.04 bits per heavy atom. The molecule has 0 aromatic heterocycles. The van der Waals surface area contributed by atoms with Crippen molar-refractivity contribution in [1.29, 1.82) is 0 Å². The first kappa shape index (κ1) is 22.0. The van der Waals surface area contributed by atoms with Crippen molar-refractivity contribution in [3.63, 3.8) is 0 Å². The Kier molecular flexibility index (Phi) is 7.63. The summed E-state index contributed by atoms with van der Waals surface area (Å²) in [5.41, 5.74) is 3.71. The van der Waals surface area contributed by atoms with E-state index in [0.717, 1.165) is 11.1 Å². The van der Waals surface area contributed by atoms with Crippen molar-refractivity contribution in [2.45, 2.75) is 39.5 Å². The molecule has 0 aliphatic carbocycles. The molecule has 1 amide bonds. The molecule has 6 heteroatoms. The van der Waals surface area contributed by atoms with Gasteiger partial charge in [-0.1, -0.05) is 55.5 Å².